The largest absolute Gasteiger partial charge is 0.392 e. The Bertz CT molecular complexity index is 495. The Hall–Kier alpha value is -1.16. The zero-order valence-corrected chi connectivity index (χ0v) is 12.8. The predicted molar refractivity (Wildman–Crippen MR) is 86.2 cm³/mol. The van der Waals surface area contributed by atoms with Crippen molar-refractivity contribution in [1.82, 2.24) is 5.32 Å². The van der Waals surface area contributed by atoms with Crippen LogP contribution in [0.15, 0.2) is 41.8 Å². The Balaban J connectivity index is 1.63. The summed E-state index contributed by atoms with van der Waals surface area (Å²) < 4.78 is 0. The van der Waals surface area contributed by atoms with Crippen LogP contribution in [0.3, 0.4) is 0 Å². The predicted octanol–water partition coefficient (Wildman–Crippen LogP) is 3.39. The highest BCUT2D eigenvalue weighted by molar-refractivity contribution is 7.10. The molecule has 1 aromatic carbocycles. The maximum Gasteiger partial charge on any atom is 0.0667 e. The number of aryl methyl sites for hydroxylation is 2. The third-order valence-corrected chi connectivity index (χ3v) is 4.50. The minimum atomic E-state index is -0.278. The van der Waals surface area contributed by atoms with Gasteiger partial charge in [0.1, 0.15) is 0 Å². The van der Waals surface area contributed by atoms with Crippen LogP contribution < -0.4 is 5.32 Å². The van der Waals surface area contributed by atoms with Crippen LogP contribution in [0, 0.1) is 0 Å². The Morgan fingerprint density at radius 1 is 1.20 bits per heavy atom. The van der Waals surface area contributed by atoms with Crippen LogP contribution in [0.2, 0.25) is 0 Å². The Morgan fingerprint density at radius 2 is 2.00 bits per heavy atom. The molecule has 0 radical (unpaired) electrons. The lowest BCUT2D eigenvalue weighted by atomic mass is 10.1. The Labute approximate surface area is 125 Å². The minimum Gasteiger partial charge on any atom is -0.392 e. The zero-order valence-electron chi connectivity index (χ0n) is 12.0. The van der Waals surface area contributed by atoms with E-state index in [0.29, 0.717) is 6.54 Å². The number of rotatable bonds is 8. The summed E-state index contributed by atoms with van der Waals surface area (Å²) in [7, 11) is 0. The van der Waals surface area contributed by atoms with Gasteiger partial charge in [-0.15, -0.1) is 11.3 Å². The fourth-order valence-corrected chi connectivity index (χ4v) is 3.01. The van der Waals surface area contributed by atoms with Crippen LogP contribution in [-0.4, -0.2) is 17.8 Å². The molecule has 0 amide bonds. The first-order valence-electron chi connectivity index (χ1n) is 7.27. The summed E-state index contributed by atoms with van der Waals surface area (Å²) in [6, 6.07) is 12.6. The summed E-state index contributed by atoms with van der Waals surface area (Å²) in [6.07, 6.45) is 2.56. The van der Waals surface area contributed by atoms with E-state index in [0.717, 1.165) is 25.8 Å². The number of nitrogens with one attached hydrogen (secondary N) is 1. The zero-order chi connectivity index (χ0) is 14.2. The summed E-state index contributed by atoms with van der Waals surface area (Å²) >= 11 is 1.81. The number of thiophene rings is 1. The molecular weight excluding hydrogens is 266 g/mol. The molecule has 0 aliphatic carbocycles. The van der Waals surface area contributed by atoms with Crippen LogP contribution in [0.5, 0.6) is 0 Å². The standard InChI is InChI=1S/C17H23NOS/c1-2-17-10-15(13-20-17)11-18-12-16(19)9-8-14-6-4-3-5-7-14/h3-7,10,13,16,18-19H,2,8-9,11-12H2,1H3. The first kappa shape index (κ1) is 15.2. The van der Waals surface area contributed by atoms with Gasteiger partial charge in [0.05, 0.1) is 6.10 Å². The van der Waals surface area contributed by atoms with E-state index < -0.39 is 0 Å². The minimum absolute atomic E-state index is 0.278. The van der Waals surface area contributed by atoms with Gasteiger partial charge in [0.2, 0.25) is 0 Å². The van der Waals surface area contributed by atoms with Gasteiger partial charge in [-0.1, -0.05) is 37.3 Å². The first-order valence-corrected chi connectivity index (χ1v) is 8.15. The second-order valence-electron chi connectivity index (χ2n) is 5.08. The highest BCUT2D eigenvalue weighted by atomic mass is 32.1. The lowest BCUT2D eigenvalue weighted by molar-refractivity contribution is 0.161. The fraction of sp³-hybridized carbons (Fsp3) is 0.412. The van der Waals surface area contributed by atoms with Crippen molar-refractivity contribution in [1.29, 1.82) is 0 Å². The maximum atomic E-state index is 9.98. The monoisotopic (exact) mass is 289 g/mol. The molecule has 2 N–H and O–H groups in total. The third kappa shape index (κ3) is 5.08. The molecule has 20 heavy (non-hydrogen) atoms. The van der Waals surface area contributed by atoms with Gasteiger partial charge in [0.25, 0.3) is 0 Å². The van der Waals surface area contributed by atoms with E-state index in [-0.39, 0.29) is 6.10 Å². The lowest BCUT2D eigenvalue weighted by Crippen LogP contribution is -2.26. The quantitative estimate of drug-likeness (QED) is 0.780. The molecule has 2 aromatic rings. The molecular formula is C17H23NOS. The molecule has 0 aliphatic rings. The van der Waals surface area contributed by atoms with Crippen molar-refractivity contribution in [3.63, 3.8) is 0 Å². The van der Waals surface area contributed by atoms with E-state index in [4.69, 9.17) is 0 Å². The van der Waals surface area contributed by atoms with Crippen LogP contribution >= 0.6 is 11.3 Å². The van der Waals surface area contributed by atoms with Crippen molar-refractivity contribution in [3.05, 3.63) is 57.8 Å². The second-order valence-corrected chi connectivity index (χ2v) is 6.08. The topological polar surface area (TPSA) is 32.3 Å². The van der Waals surface area contributed by atoms with Crippen molar-refractivity contribution < 1.29 is 5.11 Å². The SMILES string of the molecule is CCc1cc(CNCC(O)CCc2ccccc2)cs1. The highest BCUT2D eigenvalue weighted by Crippen LogP contribution is 2.14. The van der Waals surface area contributed by atoms with Crippen molar-refractivity contribution in [3.8, 4) is 0 Å². The molecule has 1 unspecified atom stereocenters. The molecule has 0 aliphatic heterocycles. The molecule has 1 aromatic heterocycles. The van der Waals surface area contributed by atoms with Crippen molar-refractivity contribution >= 4 is 11.3 Å². The number of hydrogen-bond acceptors (Lipinski definition) is 3. The average molecular weight is 289 g/mol. The third-order valence-electron chi connectivity index (χ3n) is 3.37. The average Bonchev–Trinajstić information content (AvgIpc) is 2.94. The van der Waals surface area contributed by atoms with E-state index in [1.807, 2.05) is 29.5 Å². The Morgan fingerprint density at radius 3 is 2.70 bits per heavy atom. The van der Waals surface area contributed by atoms with Gasteiger partial charge in [0.15, 0.2) is 0 Å². The number of aliphatic hydroxyl groups excluding tert-OH is 1. The van der Waals surface area contributed by atoms with Crippen molar-refractivity contribution in [2.24, 2.45) is 0 Å². The van der Waals surface area contributed by atoms with Gasteiger partial charge in [0, 0.05) is 18.0 Å². The summed E-state index contributed by atoms with van der Waals surface area (Å²) in [4.78, 5) is 1.42. The Kier molecular flexibility index (Phi) is 6.25. The van der Waals surface area contributed by atoms with E-state index in [2.05, 4.69) is 35.8 Å². The molecule has 0 fully saturated rings. The van der Waals surface area contributed by atoms with Gasteiger partial charge >= 0.3 is 0 Å². The fourth-order valence-electron chi connectivity index (χ4n) is 2.17. The summed E-state index contributed by atoms with van der Waals surface area (Å²) in [5, 5.41) is 15.5. The van der Waals surface area contributed by atoms with Crippen molar-refractivity contribution in [2.75, 3.05) is 6.54 Å². The van der Waals surface area contributed by atoms with Crippen LogP contribution in [0.25, 0.3) is 0 Å². The molecule has 0 saturated heterocycles. The van der Waals surface area contributed by atoms with Gasteiger partial charge < -0.3 is 10.4 Å². The summed E-state index contributed by atoms with van der Waals surface area (Å²) in [6.45, 7) is 3.68. The smallest absolute Gasteiger partial charge is 0.0667 e. The normalized spacial score (nSPS) is 12.5. The second kappa shape index (κ2) is 8.20. The van der Waals surface area contributed by atoms with E-state index in [1.165, 1.54) is 16.0 Å². The maximum absolute atomic E-state index is 9.98. The molecule has 2 nitrogen and oxygen atoms in total. The lowest BCUT2D eigenvalue weighted by Gasteiger charge is -2.11. The summed E-state index contributed by atoms with van der Waals surface area (Å²) in [5.41, 5.74) is 2.61. The number of aliphatic hydroxyl groups is 1. The van der Waals surface area contributed by atoms with Gasteiger partial charge in [-0.05, 0) is 41.8 Å². The van der Waals surface area contributed by atoms with Crippen molar-refractivity contribution in [2.45, 2.75) is 38.8 Å². The van der Waals surface area contributed by atoms with Gasteiger partial charge in [-0.2, -0.15) is 0 Å². The van der Waals surface area contributed by atoms with E-state index >= 15 is 0 Å². The molecule has 2 rings (SSSR count). The molecule has 1 heterocycles. The number of hydrogen-bond donors (Lipinski definition) is 2. The number of benzene rings is 1. The molecule has 1 atom stereocenters. The molecule has 0 saturated carbocycles. The molecule has 108 valence electrons. The van der Waals surface area contributed by atoms with Gasteiger partial charge in [-0.25, -0.2) is 0 Å². The molecule has 0 bridgehead atoms. The summed E-state index contributed by atoms with van der Waals surface area (Å²) in [5.74, 6) is 0. The van der Waals surface area contributed by atoms with Crippen LogP contribution in [-0.2, 0) is 19.4 Å². The van der Waals surface area contributed by atoms with E-state index in [9.17, 15) is 5.11 Å². The first-order chi connectivity index (χ1) is 9.78. The van der Waals surface area contributed by atoms with Gasteiger partial charge in [-0.3, -0.25) is 0 Å². The molecule has 0 spiro atoms. The van der Waals surface area contributed by atoms with Crippen LogP contribution in [0.4, 0.5) is 0 Å². The van der Waals surface area contributed by atoms with E-state index in [1.54, 1.807) is 0 Å². The molecule has 3 heteroatoms. The van der Waals surface area contributed by atoms with Crippen LogP contribution in [0.1, 0.15) is 29.3 Å². The highest BCUT2D eigenvalue weighted by Gasteiger charge is 2.05.